The van der Waals surface area contributed by atoms with Gasteiger partial charge >= 0.3 is 0 Å². The normalized spacial score (nSPS) is 15.8. The molecule has 6 heteroatoms. The molecule has 2 aromatic carbocycles. The summed E-state index contributed by atoms with van der Waals surface area (Å²) in [6.07, 6.45) is 2.68. The molecule has 0 aliphatic carbocycles. The first-order valence-corrected chi connectivity index (χ1v) is 11.1. The molecule has 1 saturated heterocycles. The fraction of sp³-hybridized carbons (Fsp3) is 0.440. The van der Waals surface area contributed by atoms with Crippen LogP contribution in [0.15, 0.2) is 54.6 Å². The lowest BCUT2D eigenvalue weighted by Gasteiger charge is -2.31. The zero-order chi connectivity index (χ0) is 22.1. The Morgan fingerprint density at radius 1 is 1.03 bits per heavy atom. The van der Waals surface area contributed by atoms with E-state index < -0.39 is 0 Å². The number of nitrogens with zero attached hydrogens (tertiary/aromatic N) is 1. The van der Waals surface area contributed by atoms with Gasteiger partial charge in [-0.05, 0) is 48.9 Å². The van der Waals surface area contributed by atoms with Crippen LogP contribution >= 0.6 is 0 Å². The van der Waals surface area contributed by atoms with Crippen LogP contribution in [-0.2, 0) is 9.59 Å². The highest BCUT2D eigenvalue weighted by atomic mass is 16.5. The third-order valence-electron chi connectivity index (χ3n) is 5.80. The van der Waals surface area contributed by atoms with Crippen LogP contribution in [0.4, 0.5) is 5.69 Å². The molecule has 1 aliphatic heterocycles. The first-order chi connectivity index (χ1) is 15.0. The molecule has 0 saturated carbocycles. The Morgan fingerprint density at radius 3 is 2.42 bits per heavy atom. The van der Waals surface area contributed by atoms with E-state index in [2.05, 4.69) is 35.4 Å². The minimum atomic E-state index is -0.0979. The second-order valence-corrected chi connectivity index (χ2v) is 8.17. The lowest BCUT2D eigenvalue weighted by atomic mass is 9.98. The van der Waals surface area contributed by atoms with E-state index in [-0.39, 0.29) is 24.5 Å². The molecule has 0 spiro atoms. The van der Waals surface area contributed by atoms with E-state index >= 15 is 0 Å². The molecule has 2 amide bonds. The number of piperidine rings is 1. The average Bonchev–Trinajstić information content (AvgIpc) is 2.79. The number of para-hydroxylation sites is 2. The Kier molecular flexibility index (Phi) is 8.47. The van der Waals surface area contributed by atoms with Gasteiger partial charge in [-0.2, -0.15) is 0 Å². The quantitative estimate of drug-likeness (QED) is 0.644. The smallest absolute Gasteiger partial charge is 0.258 e. The van der Waals surface area contributed by atoms with Gasteiger partial charge in [0.05, 0.1) is 6.54 Å². The van der Waals surface area contributed by atoms with E-state index in [1.54, 1.807) is 0 Å². The molecule has 1 fully saturated rings. The zero-order valence-corrected chi connectivity index (χ0v) is 18.5. The molecule has 1 atom stereocenters. The number of hydrogen-bond donors (Lipinski definition) is 2. The summed E-state index contributed by atoms with van der Waals surface area (Å²) in [6, 6.07) is 17.5. The summed E-state index contributed by atoms with van der Waals surface area (Å²) in [5, 5.41) is 5.99. The van der Waals surface area contributed by atoms with Crippen molar-refractivity contribution < 1.29 is 14.3 Å². The third kappa shape index (κ3) is 7.10. The van der Waals surface area contributed by atoms with Gasteiger partial charge in [0.15, 0.2) is 6.61 Å². The standard InChI is InChI=1S/C25H33N3O3/c1-3-19(2)22-11-7-8-12-23(22)31-18-25(30)27-21-13-15-28(16-14-21)17-24(29)26-20-9-5-4-6-10-20/h4-12,19,21H,3,13-18H2,1-2H3,(H,26,29)(H,27,30). The van der Waals surface area contributed by atoms with Gasteiger partial charge in [0.25, 0.3) is 5.91 Å². The fourth-order valence-electron chi connectivity index (χ4n) is 3.81. The highest BCUT2D eigenvalue weighted by Gasteiger charge is 2.22. The van der Waals surface area contributed by atoms with E-state index in [0.29, 0.717) is 12.5 Å². The summed E-state index contributed by atoms with van der Waals surface area (Å²) in [4.78, 5) is 26.7. The van der Waals surface area contributed by atoms with Crippen molar-refractivity contribution in [2.24, 2.45) is 0 Å². The third-order valence-corrected chi connectivity index (χ3v) is 5.80. The van der Waals surface area contributed by atoms with Gasteiger partial charge in [0.1, 0.15) is 5.75 Å². The van der Waals surface area contributed by atoms with Crippen LogP contribution in [-0.4, -0.2) is 49.0 Å². The number of amides is 2. The van der Waals surface area contributed by atoms with Crippen LogP contribution in [0.2, 0.25) is 0 Å². The van der Waals surface area contributed by atoms with Crippen LogP contribution in [0.1, 0.15) is 44.6 Å². The molecule has 1 aliphatic rings. The number of ether oxygens (including phenoxy) is 1. The van der Waals surface area contributed by atoms with Crippen molar-refractivity contribution >= 4 is 17.5 Å². The van der Waals surface area contributed by atoms with Gasteiger partial charge in [-0.15, -0.1) is 0 Å². The van der Waals surface area contributed by atoms with Crippen LogP contribution in [0.3, 0.4) is 0 Å². The molecule has 0 bridgehead atoms. The van der Waals surface area contributed by atoms with Crippen molar-refractivity contribution in [3.8, 4) is 5.75 Å². The predicted octanol–water partition coefficient (Wildman–Crippen LogP) is 3.80. The Hall–Kier alpha value is -2.86. The van der Waals surface area contributed by atoms with Crippen molar-refractivity contribution in [2.75, 3.05) is 31.6 Å². The number of hydrogen-bond acceptors (Lipinski definition) is 4. The number of likely N-dealkylation sites (tertiary alicyclic amines) is 1. The van der Waals surface area contributed by atoms with E-state index in [4.69, 9.17) is 4.74 Å². The van der Waals surface area contributed by atoms with Gasteiger partial charge in [-0.1, -0.05) is 50.2 Å². The molecular formula is C25H33N3O3. The molecule has 3 rings (SSSR count). The van der Waals surface area contributed by atoms with Gasteiger partial charge in [0, 0.05) is 24.8 Å². The number of nitrogens with one attached hydrogen (secondary N) is 2. The maximum atomic E-state index is 12.4. The minimum Gasteiger partial charge on any atom is -0.483 e. The van der Waals surface area contributed by atoms with Crippen molar-refractivity contribution in [3.05, 3.63) is 60.2 Å². The van der Waals surface area contributed by atoms with Crippen LogP contribution in [0.5, 0.6) is 5.75 Å². The predicted molar refractivity (Wildman–Crippen MR) is 123 cm³/mol. The first kappa shape index (κ1) is 22.8. The summed E-state index contributed by atoms with van der Waals surface area (Å²) >= 11 is 0. The van der Waals surface area contributed by atoms with Gasteiger partial charge in [0.2, 0.25) is 5.91 Å². The van der Waals surface area contributed by atoms with Gasteiger partial charge in [-0.3, -0.25) is 14.5 Å². The van der Waals surface area contributed by atoms with Crippen LogP contribution in [0.25, 0.3) is 0 Å². The van der Waals surface area contributed by atoms with E-state index in [1.165, 1.54) is 0 Å². The summed E-state index contributed by atoms with van der Waals surface area (Å²) in [5.41, 5.74) is 1.95. The second kappa shape index (κ2) is 11.5. The molecule has 166 valence electrons. The summed E-state index contributed by atoms with van der Waals surface area (Å²) < 4.78 is 5.82. The van der Waals surface area contributed by atoms with Crippen molar-refractivity contribution in [1.29, 1.82) is 0 Å². The maximum absolute atomic E-state index is 12.4. The number of rotatable bonds is 9. The van der Waals surface area contributed by atoms with E-state index in [1.807, 2.05) is 48.5 Å². The molecule has 2 aromatic rings. The Morgan fingerprint density at radius 2 is 1.71 bits per heavy atom. The summed E-state index contributed by atoms with van der Waals surface area (Å²) in [5.74, 6) is 1.07. The molecule has 1 heterocycles. The zero-order valence-electron chi connectivity index (χ0n) is 18.5. The Balaban J connectivity index is 1.38. The number of anilines is 1. The molecule has 0 radical (unpaired) electrons. The maximum Gasteiger partial charge on any atom is 0.258 e. The lowest BCUT2D eigenvalue weighted by molar-refractivity contribution is -0.124. The first-order valence-electron chi connectivity index (χ1n) is 11.1. The lowest BCUT2D eigenvalue weighted by Crippen LogP contribution is -2.47. The molecule has 31 heavy (non-hydrogen) atoms. The van der Waals surface area contributed by atoms with Gasteiger partial charge < -0.3 is 15.4 Å². The number of benzene rings is 2. The largest absolute Gasteiger partial charge is 0.483 e. The SMILES string of the molecule is CCC(C)c1ccccc1OCC(=O)NC1CCN(CC(=O)Nc2ccccc2)CC1. The Labute approximate surface area is 185 Å². The van der Waals surface area contributed by atoms with Crippen molar-refractivity contribution in [3.63, 3.8) is 0 Å². The Bertz CT molecular complexity index is 848. The fourth-order valence-corrected chi connectivity index (χ4v) is 3.81. The van der Waals surface area contributed by atoms with Crippen LogP contribution in [0, 0.1) is 0 Å². The second-order valence-electron chi connectivity index (χ2n) is 8.17. The van der Waals surface area contributed by atoms with E-state index in [0.717, 1.165) is 49.4 Å². The monoisotopic (exact) mass is 423 g/mol. The van der Waals surface area contributed by atoms with Crippen LogP contribution < -0.4 is 15.4 Å². The molecule has 2 N–H and O–H groups in total. The minimum absolute atomic E-state index is 0.0120. The van der Waals surface area contributed by atoms with E-state index in [9.17, 15) is 9.59 Å². The van der Waals surface area contributed by atoms with Gasteiger partial charge in [-0.25, -0.2) is 0 Å². The highest BCUT2D eigenvalue weighted by molar-refractivity contribution is 5.92. The van der Waals surface area contributed by atoms with Crippen molar-refractivity contribution in [1.82, 2.24) is 10.2 Å². The average molecular weight is 424 g/mol. The molecule has 0 aromatic heterocycles. The summed E-state index contributed by atoms with van der Waals surface area (Å²) in [6.45, 7) is 6.26. The summed E-state index contributed by atoms with van der Waals surface area (Å²) in [7, 11) is 0. The highest BCUT2D eigenvalue weighted by Crippen LogP contribution is 2.28. The molecule has 6 nitrogen and oxygen atoms in total. The van der Waals surface area contributed by atoms with Crippen molar-refractivity contribution in [2.45, 2.75) is 45.1 Å². The molecule has 1 unspecified atom stereocenters. The topological polar surface area (TPSA) is 70.7 Å². The number of carbonyl (C=O) groups excluding carboxylic acids is 2. The number of carbonyl (C=O) groups is 2. The molecular weight excluding hydrogens is 390 g/mol.